The Bertz CT molecular complexity index is 845. The first-order valence-electron chi connectivity index (χ1n) is 18.8. The number of rotatable bonds is 33. The summed E-state index contributed by atoms with van der Waals surface area (Å²) < 4.78 is 5.97. The van der Waals surface area contributed by atoms with E-state index in [0.29, 0.717) is 12.8 Å². The number of nitrogens with one attached hydrogen (secondary N) is 1. The number of allylic oxidation sites excluding steroid dienone is 8. The number of carboxylic acids is 1. The predicted molar refractivity (Wildman–Crippen MR) is 194 cm³/mol. The molecule has 0 saturated heterocycles. The number of carbonyl (C=O) groups is 3. The van der Waals surface area contributed by atoms with Crippen LogP contribution in [-0.4, -0.2) is 35.6 Å². The first kappa shape index (κ1) is 43.4. The number of carboxylic acid groups (broad SMARTS) is 1. The van der Waals surface area contributed by atoms with Crippen molar-refractivity contribution in [1.82, 2.24) is 5.32 Å². The molecule has 0 aliphatic rings. The zero-order chi connectivity index (χ0) is 33.8. The van der Waals surface area contributed by atoms with Crippen molar-refractivity contribution in [1.29, 1.82) is 0 Å². The van der Waals surface area contributed by atoms with Crippen molar-refractivity contribution < 1.29 is 24.2 Å². The molecule has 0 aromatic heterocycles. The third kappa shape index (κ3) is 34.2. The molecule has 1 atom stereocenters. The molecular weight excluding hydrogens is 574 g/mol. The van der Waals surface area contributed by atoms with Crippen molar-refractivity contribution in [2.45, 2.75) is 180 Å². The molecule has 0 radical (unpaired) electrons. The summed E-state index contributed by atoms with van der Waals surface area (Å²) in [6, 6.07) is 0. The van der Waals surface area contributed by atoms with E-state index in [2.05, 4.69) is 67.8 Å². The van der Waals surface area contributed by atoms with Crippen LogP contribution in [0.4, 0.5) is 0 Å². The van der Waals surface area contributed by atoms with Gasteiger partial charge in [0.2, 0.25) is 5.91 Å². The lowest BCUT2D eigenvalue weighted by molar-refractivity contribution is -0.150. The SMILES string of the molecule is CCC/C=C\C/C=C\CCCCCCCC(=O)OC(CCC/C=C\C/C=C\CCCCC)CCCCCCCC(=O)NCC(=O)O. The fourth-order valence-corrected chi connectivity index (χ4v) is 5.18. The van der Waals surface area contributed by atoms with E-state index < -0.39 is 5.97 Å². The molecule has 0 bridgehead atoms. The van der Waals surface area contributed by atoms with Crippen molar-refractivity contribution in [3.8, 4) is 0 Å². The van der Waals surface area contributed by atoms with E-state index >= 15 is 0 Å². The monoisotopic (exact) mass is 644 g/mol. The number of hydrogen-bond donors (Lipinski definition) is 2. The number of amides is 1. The van der Waals surface area contributed by atoms with Gasteiger partial charge in [-0.2, -0.15) is 0 Å². The fourth-order valence-electron chi connectivity index (χ4n) is 5.18. The molecule has 0 aliphatic heterocycles. The zero-order valence-electron chi connectivity index (χ0n) is 29.7. The van der Waals surface area contributed by atoms with Gasteiger partial charge in [0.1, 0.15) is 12.6 Å². The van der Waals surface area contributed by atoms with Crippen molar-refractivity contribution in [2.24, 2.45) is 0 Å². The highest BCUT2D eigenvalue weighted by molar-refractivity contribution is 5.80. The van der Waals surface area contributed by atoms with Gasteiger partial charge in [-0.1, -0.05) is 120 Å². The summed E-state index contributed by atoms with van der Waals surface area (Å²) in [6.45, 7) is 4.11. The van der Waals surface area contributed by atoms with Gasteiger partial charge in [-0.3, -0.25) is 14.4 Å². The third-order valence-corrected chi connectivity index (χ3v) is 7.95. The average molecular weight is 644 g/mol. The minimum absolute atomic E-state index is 0.0234. The highest BCUT2D eigenvalue weighted by Crippen LogP contribution is 2.17. The zero-order valence-corrected chi connectivity index (χ0v) is 29.7. The Kier molecular flexibility index (Phi) is 33.2. The molecule has 0 aromatic carbocycles. The van der Waals surface area contributed by atoms with Crippen LogP contribution < -0.4 is 5.32 Å². The van der Waals surface area contributed by atoms with Crippen LogP contribution >= 0.6 is 0 Å². The number of unbranched alkanes of at least 4 members (excludes halogenated alkanes) is 14. The second-order valence-electron chi connectivity index (χ2n) is 12.5. The minimum atomic E-state index is -1.02. The Morgan fingerprint density at radius 2 is 1.07 bits per heavy atom. The molecule has 264 valence electrons. The normalized spacial score (nSPS) is 12.6. The topological polar surface area (TPSA) is 92.7 Å². The van der Waals surface area contributed by atoms with Crippen LogP contribution in [0.3, 0.4) is 0 Å². The second kappa shape index (κ2) is 35.2. The number of carbonyl (C=O) groups excluding carboxylic acids is 2. The number of esters is 1. The fraction of sp³-hybridized carbons (Fsp3) is 0.725. The van der Waals surface area contributed by atoms with Gasteiger partial charge in [-0.05, 0) is 89.9 Å². The lowest BCUT2D eigenvalue weighted by atomic mass is 10.0. The maximum absolute atomic E-state index is 12.7. The third-order valence-electron chi connectivity index (χ3n) is 7.95. The maximum Gasteiger partial charge on any atom is 0.322 e. The molecule has 1 amide bonds. The summed E-state index contributed by atoms with van der Waals surface area (Å²) in [4.78, 5) is 34.9. The van der Waals surface area contributed by atoms with Gasteiger partial charge in [0.05, 0.1) is 0 Å². The van der Waals surface area contributed by atoms with Gasteiger partial charge in [0, 0.05) is 12.8 Å². The van der Waals surface area contributed by atoms with E-state index in [1.54, 1.807) is 0 Å². The van der Waals surface area contributed by atoms with Crippen LogP contribution in [0.5, 0.6) is 0 Å². The van der Waals surface area contributed by atoms with Gasteiger partial charge in [0.15, 0.2) is 0 Å². The average Bonchev–Trinajstić information content (AvgIpc) is 3.04. The number of ether oxygens (including phenoxy) is 1. The smallest absolute Gasteiger partial charge is 0.322 e. The van der Waals surface area contributed by atoms with E-state index in [-0.39, 0.29) is 24.5 Å². The van der Waals surface area contributed by atoms with E-state index in [4.69, 9.17) is 9.84 Å². The van der Waals surface area contributed by atoms with Gasteiger partial charge in [-0.15, -0.1) is 0 Å². The van der Waals surface area contributed by atoms with Crippen LogP contribution in [0.2, 0.25) is 0 Å². The van der Waals surface area contributed by atoms with Crippen molar-refractivity contribution >= 4 is 17.8 Å². The summed E-state index contributed by atoms with van der Waals surface area (Å²) in [5, 5.41) is 11.0. The van der Waals surface area contributed by atoms with E-state index in [9.17, 15) is 14.4 Å². The molecule has 2 N–H and O–H groups in total. The van der Waals surface area contributed by atoms with Crippen LogP contribution in [0.25, 0.3) is 0 Å². The molecule has 0 fully saturated rings. The molecule has 0 heterocycles. The first-order valence-corrected chi connectivity index (χ1v) is 18.8. The molecule has 6 nitrogen and oxygen atoms in total. The molecule has 6 heteroatoms. The Hall–Kier alpha value is -2.63. The maximum atomic E-state index is 12.7. The molecule has 1 unspecified atom stereocenters. The van der Waals surface area contributed by atoms with E-state index in [0.717, 1.165) is 89.9 Å². The second-order valence-corrected chi connectivity index (χ2v) is 12.5. The first-order chi connectivity index (χ1) is 22.5. The lowest BCUT2D eigenvalue weighted by Crippen LogP contribution is -2.28. The van der Waals surface area contributed by atoms with E-state index in [1.165, 1.54) is 57.8 Å². The van der Waals surface area contributed by atoms with Gasteiger partial charge >= 0.3 is 11.9 Å². The Morgan fingerprint density at radius 3 is 1.67 bits per heavy atom. The molecule has 0 aromatic rings. The standard InChI is InChI=1S/C40H69NO5/c1-3-5-7-9-11-13-15-16-18-20-22-27-31-35-40(45)46-37(32-28-24-21-19-17-14-12-10-8-6-4-2)33-29-25-23-26-30-34-38(42)41-36-39(43)44/h7,9,12-15,19,21,37H,3-6,8,10-11,16-18,20,22-36H2,1-2H3,(H,41,42)(H,43,44)/b9-7-,14-12-,15-13-,21-19-. The van der Waals surface area contributed by atoms with Crippen LogP contribution in [-0.2, 0) is 19.1 Å². The van der Waals surface area contributed by atoms with Crippen LogP contribution in [0.1, 0.15) is 174 Å². The lowest BCUT2D eigenvalue weighted by Gasteiger charge is -2.18. The number of hydrogen-bond acceptors (Lipinski definition) is 4. The highest BCUT2D eigenvalue weighted by atomic mass is 16.5. The minimum Gasteiger partial charge on any atom is -0.480 e. The molecule has 46 heavy (non-hydrogen) atoms. The quantitative estimate of drug-likeness (QED) is 0.0422. The van der Waals surface area contributed by atoms with Gasteiger partial charge in [0.25, 0.3) is 0 Å². The van der Waals surface area contributed by atoms with E-state index in [1.807, 2.05) is 0 Å². The van der Waals surface area contributed by atoms with Crippen LogP contribution in [0, 0.1) is 0 Å². The largest absolute Gasteiger partial charge is 0.480 e. The predicted octanol–water partition coefficient (Wildman–Crippen LogP) is 11.1. The Morgan fingerprint density at radius 1 is 0.565 bits per heavy atom. The van der Waals surface area contributed by atoms with Gasteiger partial charge < -0.3 is 15.2 Å². The van der Waals surface area contributed by atoms with Crippen LogP contribution in [0.15, 0.2) is 48.6 Å². The summed E-state index contributed by atoms with van der Waals surface area (Å²) in [7, 11) is 0. The summed E-state index contributed by atoms with van der Waals surface area (Å²) in [5.74, 6) is -1.28. The Labute approximate surface area is 282 Å². The molecule has 0 rings (SSSR count). The molecule has 0 saturated carbocycles. The van der Waals surface area contributed by atoms with Gasteiger partial charge in [-0.25, -0.2) is 0 Å². The molecule has 0 spiro atoms. The van der Waals surface area contributed by atoms with Crippen molar-refractivity contribution in [3.63, 3.8) is 0 Å². The number of aliphatic carboxylic acids is 1. The summed E-state index contributed by atoms with van der Waals surface area (Å²) >= 11 is 0. The molecule has 0 aliphatic carbocycles. The van der Waals surface area contributed by atoms with Crippen molar-refractivity contribution in [2.75, 3.05) is 6.54 Å². The molecular formula is C40H69NO5. The Balaban J connectivity index is 4.29. The summed E-state index contributed by atoms with van der Waals surface area (Å²) in [6.07, 6.45) is 43.6. The summed E-state index contributed by atoms with van der Waals surface area (Å²) in [5.41, 5.74) is 0. The highest BCUT2D eigenvalue weighted by Gasteiger charge is 2.14. The van der Waals surface area contributed by atoms with Crippen molar-refractivity contribution in [3.05, 3.63) is 48.6 Å².